The number of aromatic amines is 1. The molecule has 3 N–H and O–H groups in total. The summed E-state index contributed by atoms with van der Waals surface area (Å²) < 4.78 is 18.6. The van der Waals surface area contributed by atoms with Gasteiger partial charge in [0.05, 0.1) is 11.9 Å². The summed E-state index contributed by atoms with van der Waals surface area (Å²) in [6.45, 7) is 0.498. The Bertz CT molecular complexity index is 686. The van der Waals surface area contributed by atoms with E-state index in [1.165, 1.54) is 12.1 Å². The molecule has 0 fully saturated rings. The van der Waals surface area contributed by atoms with Crippen molar-refractivity contribution < 1.29 is 8.81 Å². The van der Waals surface area contributed by atoms with Gasteiger partial charge in [0.15, 0.2) is 11.7 Å². The molecule has 0 radical (unpaired) electrons. The molecule has 2 aromatic heterocycles. The van der Waals surface area contributed by atoms with E-state index < -0.39 is 0 Å². The first-order valence-corrected chi connectivity index (χ1v) is 5.69. The van der Waals surface area contributed by atoms with E-state index in [2.05, 4.69) is 9.97 Å². The lowest BCUT2D eigenvalue weighted by atomic mass is 10.2. The first-order chi connectivity index (χ1) is 8.76. The van der Waals surface area contributed by atoms with Crippen LogP contribution in [0, 0.1) is 5.82 Å². The van der Waals surface area contributed by atoms with Crippen molar-refractivity contribution in [3.05, 3.63) is 42.2 Å². The number of nitrogens with one attached hydrogen (secondary N) is 1. The molecule has 1 aromatic carbocycles. The number of aromatic nitrogens is 2. The standard InChI is InChI=1S/C13H12FN3O/c14-9-1-2-10-8(5-9)6-11(17-10)12-7-16-13(18-12)3-4-15/h1-2,5-7,17H,3-4,15H2. The predicted octanol–water partition coefficient (Wildman–Crippen LogP) is 2.46. The Morgan fingerprint density at radius 3 is 3.06 bits per heavy atom. The number of halogens is 1. The maximum atomic E-state index is 13.1. The van der Waals surface area contributed by atoms with E-state index in [-0.39, 0.29) is 5.82 Å². The first kappa shape index (κ1) is 11.0. The van der Waals surface area contributed by atoms with Crippen molar-refractivity contribution in [1.29, 1.82) is 0 Å². The number of nitrogens with zero attached hydrogens (tertiary/aromatic N) is 1. The summed E-state index contributed by atoms with van der Waals surface area (Å²) in [7, 11) is 0. The monoisotopic (exact) mass is 245 g/mol. The molecule has 0 aliphatic carbocycles. The fourth-order valence-corrected chi connectivity index (χ4v) is 1.91. The third-order valence-electron chi connectivity index (χ3n) is 2.76. The van der Waals surface area contributed by atoms with Crippen molar-refractivity contribution >= 4 is 10.9 Å². The quantitative estimate of drug-likeness (QED) is 0.744. The Kier molecular flexibility index (Phi) is 2.60. The highest BCUT2D eigenvalue weighted by molar-refractivity contribution is 5.84. The number of hydrogen-bond donors (Lipinski definition) is 2. The van der Waals surface area contributed by atoms with Crippen LogP contribution >= 0.6 is 0 Å². The Morgan fingerprint density at radius 1 is 1.33 bits per heavy atom. The molecular formula is C13H12FN3O. The maximum absolute atomic E-state index is 13.1. The van der Waals surface area contributed by atoms with E-state index in [0.717, 1.165) is 16.6 Å². The fourth-order valence-electron chi connectivity index (χ4n) is 1.91. The van der Waals surface area contributed by atoms with E-state index in [9.17, 15) is 4.39 Å². The second-order valence-corrected chi connectivity index (χ2v) is 4.07. The third-order valence-corrected chi connectivity index (χ3v) is 2.76. The van der Waals surface area contributed by atoms with Crippen molar-refractivity contribution in [3.63, 3.8) is 0 Å². The summed E-state index contributed by atoms with van der Waals surface area (Å²) in [6.07, 6.45) is 2.25. The third kappa shape index (κ3) is 1.89. The minimum Gasteiger partial charge on any atom is -0.439 e. The highest BCUT2D eigenvalue weighted by atomic mass is 19.1. The molecule has 0 spiro atoms. The molecule has 0 aliphatic rings. The zero-order valence-electron chi connectivity index (χ0n) is 9.61. The topological polar surface area (TPSA) is 67.8 Å². The van der Waals surface area contributed by atoms with Gasteiger partial charge in [0, 0.05) is 23.9 Å². The van der Waals surface area contributed by atoms with E-state index in [1.807, 2.05) is 6.07 Å². The number of H-pyrrole nitrogens is 1. The van der Waals surface area contributed by atoms with Gasteiger partial charge in [-0.3, -0.25) is 0 Å². The van der Waals surface area contributed by atoms with E-state index in [0.29, 0.717) is 24.6 Å². The minimum atomic E-state index is -0.255. The van der Waals surface area contributed by atoms with Gasteiger partial charge in [-0.1, -0.05) is 0 Å². The number of benzene rings is 1. The number of fused-ring (bicyclic) bond motifs is 1. The Balaban J connectivity index is 2.02. The van der Waals surface area contributed by atoms with Gasteiger partial charge in [-0.25, -0.2) is 9.37 Å². The van der Waals surface area contributed by atoms with Crippen LogP contribution in [0.3, 0.4) is 0 Å². The van der Waals surface area contributed by atoms with Crippen molar-refractivity contribution in [2.24, 2.45) is 5.73 Å². The van der Waals surface area contributed by atoms with Gasteiger partial charge < -0.3 is 15.1 Å². The lowest BCUT2D eigenvalue weighted by Gasteiger charge is -1.90. The SMILES string of the molecule is NCCc1ncc(-c2cc3cc(F)ccc3[nH]2)o1. The van der Waals surface area contributed by atoms with Crippen LogP contribution in [0.25, 0.3) is 22.4 Å². The van der Waals surface area contributed by atoms with Gasteiger partial charge in [-0.15, -0.1) is 0 Å². The lowest BCUT2D eigenvalue weighted by Crippen LogP contribution is -2.02. The van der Waals surface area contributed by atoms with Crippen molar-refractivity contribution in [1.82, 2.24) is 9.97 Å². The molecule has 92 valence electrons. The van der Waals surface area contributed by atoms with Gasteiger partial charge in [0.25, 0.3) is 0 Å². The van der Waals surface area contributed by atoms with Crippen molar-refractivity contribution in [2.45, 2.75) is 6.42 Å². The molecular weight excluding hydrogens is 233 g/mol. The minimum absolute atomic E-state index is 0.255. The molecule has 0 unspecified atom stereocenters. The van der Waals surface area contributed by atoms with Gasteiger partial charge >= 0.3 is 0 Å². The number of rotatable bonds is 3. The molecule has 0 saturated heterocycles. The maximum Gasteiger partial charge on any atom is 0.196 e. The summed E-state index contributed by atoms with van der Waals surface area (Å²) in [5.74, 6) is 0.988. The molecule has 0 aliphatic heterocycles. The largest absolute Gasteiger partial charge is 0.439 e. The highest BCUT2D eigenvalue weighted by Gasteiger charge is 2.09. The number of nitrogens with two attached hydrogens (primary N) is 1. The van der Waals surface area contributed by atoms with E-state index in [1.54, 1.807) is 12.3 Å². The van der Waals surface area contributed by atoms with Crippen LogP contribution in [0.5, 0.6) is 0 Å². The van der Waals surface area contributed by atoms with Crippen molar-refractivity contribution in [2.75, 3.05) is 6.54 Å². The molecule has 4 nitrogen and oxygen atoms in total. The summed E-state index contributed by atoms with van der Waals surface area (Å²) >= 11 is 0. The molecule has 3 rings (SSSR count). The normalized spacial score (nSPS) is 11.2. The van der Waals surface area contributed by atoms with Crippen LogP contribution in [0.1, 0.15) is 5.89 Å². The number of hydrogen-bond acceptors (Lipinski definition) is 3. The smallest absolute Gasteiger partial charge is 0.196 e. The van der Waals surface area contributed by atoms with Crippen LogP contribution in [0.4, 0.5) is 4.39 Å². The zero-order chi connectivity index (χ0) is 12.5. The first-order valence-electron chi connectivity index (χ1n) is 5.69. The van der Waals surface area contributed by atoms with Gasteiger partial charge in [0.1, 0.15) is 5.82 Å². The molecule has 18 heavy (non-hydrogen) atoms. The molecule has 0 bridgehead atoms. The average molecular weight is 245 g/mol. The second-order valence-electron chi connectivity index (χ2n) is 4.07. The fraction of sp³-hybridized carbons (Fsp3) is 0.154. The van der Waals surface area contributed by atoms with E-state index >= 15 is 0 Å². The second kappa shape index (κ2) is 4.27. The van der Waals surface area contributed by atoms with Crippen LogP contribution in [-0.2, 0) is 6.42 Å². The molecule has 0 amide bonds. The van der Waals surface area contributed by atoms with Gasteiger partial charge in [-0.05, 0) is 24.3 Å². The average Bonchev–Trinajstić information content (AvgIpc) is 2.94. The van der Waals surface area contributed by atoms with Crippen LogP contribution < -0.4 is 5.73 Å². The summed E-state index contributed by atoms with van der Waals surface area (Å²) in [5, 5.41) is 0.807. The molecule has 3 aromatic rings. The molecule has 5 heteroatoms. The van der Waals surface area contributed by atoms with Crippen LogP contribution in [0.2, 0.25) is 0 Å². The van der Waals surface area contributed by atoms with Gasteiger partial charge in [-0.2, -0.15) is 0 Å². The highest BCUT2D eigenvalue weighted by Crippen LogP contribution is 2.25. The van der Waals surface area contributed by atoms with Crippen LogP contribution in [-0.4, -0.2) is 16.5 Å². The van der Waals surface area contributed by atoms with Crippen LogP contribution in [0.15, 0.2) is 34.9 Å². The molecule has 0 saturated carbocycles. The Labute approximate surface area is 103 Å². The number of oxazole rings is 1. The Morgan fingerprint density at radius 2 is 2.22 bits per heavy atom. The van der Waals surface area contributed by atoms with Crippen molar-refractivity contribution in [3.8, 4) is 11.5 Å². The summed E-state index contributed by atoms with van der Waals surface area (Å²) in [5.41, 5.74) is 7.08. The zero-order valence-corrected chi connectivity index (χ0v) is 9.61. The molecule has 0 atom stereocenters. The van der Waals surface area contributed by atoms with Gasteiger partial charge in [0.2, 0.25) is 0 Å². The summed E-state index contributed by atoms with van der Waals surface area (Å²) in [4.78, 5) is 7.29. The summed E-state index contributed by atoms with van der Waals surface area (Å²) in [6, 6.07) is 6.44. The molecule has 2 heterocycles. The lowest BCUT2D eigenvalue weighted by molar-refractivity contribution is 0.507. The Hall–Kier alpha value is -2.14. The predicted molar refractivity (Wildman–Crippen MR) is 66.5 cm³/mol. The van der Waals surface area contributed by atoms with E-state index in [4.69, 9.17) is 10.2 Å².